The van der Waals surface area contributed by atoms with Gasteiger partial charge in [0.05, 0.1) is 12.0 Å². The SMILES string of the molecule is Cn1nc(C2CC2)nc1CNC(=O)[C@@]12CCC[C@]1(C(=O)[O-])C2.[Na+]. The van der Waals surface area contributed by atoms with Gasteiger partial charge in [0.25, 0.3) is 0 Å². The molecule has 1 amide bonds. The minimum Gasteiger partial charge on any atom is -0.550 e. The summed E-state index contributed by atoms with van der Waals surface area (Å²) in [5.74, 6) is 0.781. The van der Waals surface area contributed by atoms with E-state index in [1.165, 1.54) is 0 Å². The Balaban J connectivity index is 0.00000156. The summed E-state index contributed by atoms with van der Waals surface area (Å²) >= 11 is 0. The Bertz CT molecular complexity index is 672. The van der Waals surface area contributed by atoms with Crippen LogP contribution in [0.4, 0.5) is 0 Å². The zero-order chi connectivity index (χ0) is 15.5. The predicted molar refractivity (Wildman–Crippen MR) is 73.2 cm³/mol. The second-order valence-corrected chi connectivity index (χ2v) is 6.95. The van der Waals surface area contributed by atoms with E-state index in [0.29, 0.717) is 37.5 Å². The number of carbonyl (C=O) groups excluding carboxylic acids is 2. The van der Waals surface area contributed by atoms with Crippen molar-refractivity contribution in [1.29, 1.82) is 0 Å². The Hall–Kier alpha value is -0.920. The van der Waals surface area contributed by atoms with E-state index in [2.05, 4.69) is 15.4 Å². The third kappa shape index (κ3) is 2.44. The van der Waals surface area contributed by atoms with Crippen LogP contribution in [0.25, 0.3) is 0 Å². The van der Waals surface area contributed by atoms with E-state index in [9.17, 15) is 14.7 Å². The number of carboxylic acids is 1. The standard InChI is InChI=1S/C15H20N4O3.Na/c1-19-10(17-11(18-19)9-3-4-9)7-16-12(20)14-5-2-6-15(14,8-14)13(21)22;/h9H,2-8H2,1H3,(H,16,20)(H,21,22);/q;+1/p-1/t14-,15+;/m0./s1. The summed E-state index contributed by atoms with van der Waals surface area (Å²) in [5, 5.41) is 18.6. The van der Waals surface area contributed by atoms with Crippen LogP contribution in [0.1, 0.15) is 56.1 Å². The van der Waals surface area contributed by atoms with E-state index < -0.39 is 16.8 Å². The van der Waals surface area contributed by atoms with E-state index in [1.807, 2.05) is 7.05 Å². The van der Waals surface area contributed by atoms with Crippen LogP contribution in [0.15, 0.2) is 0 Å². The van der Waals surface area contributed by atoms with Crippen LogP contribution >= 0.6 is 0 Å². The van der Waals surface area contributed by atoms with Gasteiger partial charge < -0.3 is 15.2 Å². The third-order valence-electron chi connectivity index (χ3n) is 5.65. The fourth-order valence-corrected chi connectivity index (χ4v) is 4.03. The van der Waals surface area contributed by atoms with Gasteiger partial charge in [-0.25, -0.2) is 4.98 Å². The summed E-state index contributed by atoms with van der Waals surface area (Å²) in [6.07, 6.45) is 4.65. The molecular weight excluding hydrogens is 307 g/mol. The Morgan fingerprint density at radius 2 is 2.04 bits per heavy atom. The molecule has 0 spiro atoms. The fourth-order valence-electron chi connectivity index (χ4n) is 4.03. The van der Waals surface area contributed by atoms with Crippen molar-refractivity contribution in [2.24, 2.45) is 17.9 Å². The minimum absolute atomic E-state index is 0. The normalized spacial score (nSPS) is 31.2. The quantitative estimate of drug-likeness (QED) is 0.569. The number of nitrogens with zero attached hydrogens (tertiary/aromatic N) is 3. The number of hydrogen-bond acceptors (Lipinski definition) is 5. The van der Waals surface area contributed by atoms with Gasteiger partial charge >= 0.3 is 29.6 Å². The number of aromatic nitrogens is 3. The first-order valence-corrected chi connectivity index (χ1v) is 7.88. The monoisotopic (exact) mass is 326 g/mol. The zero-order valence-corrected chi connectivity index (χ0v) is 15.6. The molecule has 23 heavy (non-hydrogen) atoms. The Morgan fingerprint density at radius 3 is 2.65 bits per heavy atom. The van der Waals surface area contributed by atoms with Gasteiger partial charge in [0.15, 0.2) is 5.82 Å². The van der Waals surface area contributed by atoms with Gasteiger partial charge in [0, 0.05) is 24.3 Å². The first-order chi connectivity index (χ1) is 10.5. The van der Waals surface area contributed by atoms with Gasteiger partial charge in [-0.05, 0) is 32.1 Å². The molecule has 0 radical (unpaired) electrons. The van der Waals surface area contributed by atoms with Crippen molar-refractivity contribution in [2.75, 3.05) is 0 Å². The largest absolute Gasteiger partial charge is 1.00 e. The van der Waals surface area contributed by atoms with Crippen LogP contribution in [0.2, 0.25) is 0 Å². The number of nitrogens with one attached hydrogen (secondary N) is 1. The summed E-state index contributed by atoms with van der Waals surface area (Å²) in [5.41, 5.74) is -1.67. The molecular formula is C15H19N4NaO3. The molecule has 0 saturated heterocycles. The van der Waals surface area contributed by atoms with Crippen molar-refractivity contribution < 1.29 is 44.3 Å². The molecule has 7 nitrogen and oxygen atoms in total. The Morgan fingerprint density at radius 1 is 1.35 bits per heavy atom. The molecule has 3 aliphatic carbocycles. The smallest absolute Gasteiger partial charge is 0.550 e. The van der Waals surface area contributed by atoms with Gasteiger partial charge in [-0.15, -0.1) is 0 Å². The summed E-state index contributed by atoms with van der Waals surface area (Å²) in [6, 6.07) is 0. The molecule has 3 saturated carbocycles. The number of carbonyl (C=O) groups is 2. The maximum atomic E-state index is 12.5. The van der Waals surface area contributed by atoms with E-state index in [4.69, 9.17) is 0 Å². The van der Waals surface area contributed by atoms with E-state index in [-0.39, 0.29) is 35.5 Å². The maximum absolute atomic E-state index is 12.5. The molecule has 0 aromatic carbocycles. The number of aryl methyl sites for hydroxylation is 1. The van der Waals surface area contributed by atoms with Gasteiger partial charge in [-0.1, -0.05) is 6.42 Å². The Labute approximate surface area is 156 Å². The molecule has 1 aromatic rings. The van der Waals surface area contributed by atoms with Crippen LogP contribution in [-0.2, 0) is 23.2 Å². The number of fused-ring (bicyclic) bond motifs is 1. The Kier molecular flexibility index (Phi) is 4.09. The van der Waals surface area contributed by atoms with Crippen molar-refractivity contribution >= 4 is 11.9 Å². The molecule has 0 aliphatic heterocycles. The molecule has 4 rings (SSSR count). The van der Waals surface area contributed by atoms with Crippen molar-refractivity contribution in [2.45, 2.75) is 51.0 Å². The van der Waals surface area contributed by atoms with Crippen LogP contribution in [0.3, 0.4) is 0 Å². The summed E-state index contributed by atoms with van der Waals surface area (Å²) in [4.78, 5) is 28.3. The van der Waals surface area contributed by atoms with Crippen LogP contribution in [0, 0.1) is 10.8 Å². The van der Waals surface area contributed by atoms with Crippen molar-refractivity contribution in [1.82, 2.24) is 20.1 Å². The molecule has 0 bridgehead atoms. The number of hydrogen-bond donors (Lipinski definition) is 1. The van der Waals surface area contributed by atoms with Gasteiger partial charge in [0.2, 0.25) is 5.91 Å². The zero-order valence-electron chi connectivity index (χ0n) is 13.6. The average molecular weight is 326 g/mol. The van der Waals surface area contributed by atoms with Crippen molar-refractivity contribution in [3.8, 4) is 0 Å². The second-order valence-electron chi connectivity index (χ2n) is 6.95. The first kappa shape index (κ1) is 16.9. The predicted octanol–water partition coefficient (Wildman–Crippen LogP) is -3.38. The van der Waals surface area contributed by atoms with Gasteiger partial charge in [-0.3, -0.25) is 9.48 Å². The second kappa shape index (κ2) is 5.57. The molecule has 1 heterocycles. The van der Waals surface area contributed by atoms with E-state index >= 15 is 0 Å². The third-order valence-corrected chi connectivity index (χ3v) is 5.65. The van der Waals surface area contributed by atoms with Gasteiger partial charge in [-0.2, -0.15) is 5.10 Å². The van der Waals surface area contributed by atoms with Crippen LogP contribution in [-0.4, -0.2) is 26.6 Å². The topological polar surface area (TPSA) is 99.9 Å². The van der Waals surface area contributed by atoms with Crippen molar-refractivity contribution in [3.63, 3.8) is 0 Å². The summed E-state index contributed by atoms with van der Waals surface area (Å²) < 4.78 is 1.69. The molecule has 8 heteroatoms. The van der Waals surface area contributed by atoms with E-state index in [0.717, 1.165) is 25.1 Å². The summed E-state index contributed by atoms with van der Waals surface area (Å²) in [7, 11) is 1.82. The summed E-state index contributed by atoms with van der Waals surface area (Å²) in [6.45, 7) is 0.292. The number of carboxylic acid groups (broad SMARTS) is 1. The maximum Gasteiger partial charge on any atom is 1.00 e. The number of amides is 1. The molecule has 0 unspecified atom stereocenters. The molecule has 3 fully saturated rings. The number of rotatable bonds is 5. The van der Waals surface area contributed by atoms with Crippen molar-refractivity contribution in [3.05, 3.63) is 11.6 Å². The molecule has 1 aromatic heterocycles. The molecule has 1 N–H and O–H groups in total. The minimum atomic E-state index is -1.07. The molecule has 2 atom stereocenters. The number of aliphatic carboxylic acids is 1. The van der Waals surface area contributed by atoms with Crippen LogP contribution in [0.5, 0.6) is 0 Å². The van der Waals surface area contributed by atoms with Crippen LogP contribution < -0.4 is 40.0 Å². The molecule has 118 valence electrons. The van der Waals surface area contributed by atoms with Gasteiger partial charge in [0.1, 0.15) is 5.82 Å². The first-order valence-electron chi connectivity index (χ1n) is 7.88. The molecule has 3 aliphatic rings. The fraction of sp³-hybridized carbons (Fsp3) is 0.733. The van der Waals surface area contributed by atoms with E-state index in [1.54, 1.807) is 4.68 Å². The average Bonchev–Trinajstić information content (AvgIpc) is 3.38.